The van der Waals surface area contributed by atoms with Crippen molar-refractivity contribution in [1.82, 2.24) is 5.32 Å². The Hall–Kier alpha value is -2.70. The lowest BCUT2D eigenvalue weighted by molar-refractivity contribution is -0.159. The summed E-state index contributed by atoms with van der Waals surface area (Å²) in [6, 6.07) is 21.3. The maximum Gasteiger partial charge on any atom is 0.414 e. The van der Waals surface area contributed by atoms with E-state index in [0.717, 1.165) is 13.0 Å². The van der Waals surface area contributed by atoms with Crippen molar-refractivity contribution in [3.05, 3.63) is 71.8 Å². The molecule has 0 radical (unpaired) electrons. The molecule has 3 rings (SSSR count). The second-order valence-corrected chi connectivity index (χ2v) is 5.93. The second-order valence-electron chi connectivity index (χ2n) is 5.93. The molecule has 1 aliphatic heterocycles. The van der Waals surface area contributed by atoms with Gasteiger partial charge < -0.3 is 20.3 Å². The summed E-state index contributed by atoms with van der Waals surface area (Å²) in [5.74, 6) is -3.65. The molecule has 6 heteroatoms. The molecule has 1 aliphatic rings. The number of hydrogen-bond acceptors (Lipinski definition) is 4. The summed E-state index contributed by atoms with van der Waals surface area (Å²) >= 11 is 0. The highest BCUT2D eigenvalue weighted by molar-refractivity contribution is 6.27. The maximum atomic E-state index is 9.10. The van der Waals surface area contributed by atoms with Crippen molar-refractivity contribution in [1.29, 1.82) is 0 Å². The van der Waals surface area contributed by atoms with E-state index in [1.807, 2.05) is 6.07 Å². The number of carboxylic acids is 2. The highest BCUT2D eigenvalue weighted by Crippen LogP contribution is 2.26. The number of carboxylic acid groups (broad SMARTS) is 2. The number of aliphatic carboxylic acids is 2. The van der Waals surface area contributed by atoms with E-state index >= 15 is 0 Å². The Bertz CT molecular complexity index is 678. The lowest BCUT2D eigenvalue weighted by Gasteiger charge is -2.33. The average molecular weight is 357 g/mol. The van der Waals surface area contributed by atoms with Gasteiger partial charge in [0.15, 0.2) is 0 Å². The van der Waals surface area contributed by atoms with Crippen LogP contribution in [0.2, 0.25) is 0 Å². The molecule has 2 atom stereocenters. The minimum absolute atomic E-state index is 0.256. The standard InChI is InChI=1S/C18H21NO.C2H2O4/c1-3-8-15(9-4-1)14-20-17-12-7-13-19-18(17)16-10-5-2-6-11-16;3-1(4)2(5)6/h1-6,8-11,17-19H,7,12-14H2;(H,3,4)(H,5,6)/t17-,18-;/m0./s1. The number of ether oxygens (including phenoxy) is 1. The zero-order valence-corrected chi connectivity index (χ0v) is 14.4. The van der Waals surface area contributed by atoms with Crippen LogP contribution in [-0.4, -0.2) is 34.8 Å². The molecule has 1 heterocycles. The monoisotopic (exact) mass is 357 g/mol. The molecule has 6 nitrogen and oxygen atoms in total. The van der Waals surface area contributed by atoms with Crippen molar-refractivity contribution < 1.29 is 24.5 Å². The van der Waals surface area contributed by atoms with E-state index in [4.69, 9.17) is 24.5 Å². The van der Waals surface area contributed by atoms with Gasteiger partial charge in [-0.3, -0.25) is 0 Å². The van der Waals surface area contributed by atoms with Gasteiger partial charge in [-0.05, 0) is 30.5 Å². The van der Waals surface area contributed by atoms with Gasteiger partial charge in [-0.15, -0.1) is 0 Å². The number of piperidine rings is 1. The lowest BCUT2D eigenvalue weighted by Crippen LogP contribution is -2.39. The predicted molar refractivity (Wildman–Crippen MR) is 96.7 cm³/mol. The van der Waals surface area contributed by atoms with Crippen LogP contribution in [0.4, 0.5) is 0 Å². The van der Waals surface area contributed by atoms with Crippen LogP contribution in [0.15, 0.2) is 60.7 Å². The first kappa shape index (κ1) is 19.6. The normalized spacial score (nSPS) is 19.1. The van der Waals surface area contributed by atoms with E-state index in [2.05, 4.69) is 59.9 Å². The molecule has 0 spiro atoms. The van der Waals surface area contributed by atoms with Crippen molar-refractivity contribution >= 4 is 11.9 Å². The fraction of sp³-hybridized carbons (Fsp3) is 0.300. The Balaban J connectivity index is 0.000000352. The molecule has 0 aromatic heterocycles. The van der Waals surface area contributed by atoms with E-state index in [-0.39, 0.29) is 6.10 Å². The largest absolute Gasteiger partial charge is 0.473 e. The second kappa shape index (κ2) is 10.3. The van der Waals surface area contributed by atoms with Crippen molar-refractivity contribution in [2.45, 2.75) is 31.6 Å². The van der Waals surface area contributed by atoms with E-state index in [1.165, 1.54) is 17.5 Å². The third-order valence-electron chi connectivity index (χ3n) is 4.05. The van der Waals surface area contributed by atoms with Crippen LogP contribution in [0.25, 0.3) is 0 Å². The molecule has 0 unspecified atom stereocenters. The van der Waals surface area contributed by atoms with E-state index in [1.54, 1.807) is 0 Å². The van der Waals surface area contributed by atoms with Gasteiger partial charge in [0.1, 0.15) is 0 Å². The first-order valence-corrected chi connectivity index (χ1v) is 8.48. The molecule has 0 bridgehead atoms. The SMILES string of the molecule is O=C(O)C(=O)O.c1ccc(CO[C@H]2CCCN[C@H]2c2ccccc2)cc1. The average Bonchev–Trinajstić information content (AvgIpc) is 2.68. The van der Waals surface area contributed by atoms with E-state index < -0.39 is 11.9 Å². The zero-order chi connectivity index (χ0) is 18.8. The van der Waals surface area contributed by atoms with Gasteiger partial charge in [0.25, 0.3) is 0 Å². The molecule has 3 N–H and O–H groups in total. The Morgan fingerprint density at radius 2 is 1.54 bits per heavy atom. The Labute approximate surface area is 152 Å². The maximum absolute atomic E-state index is 9.10. The molecule has 138 valence electrons. The van der Waals surface area contributed by atoms with Crippen LogP contribution >= 0.6 is 0 Å². The molecule has 2 aromatic carbocycles. The molecule has 26 heavy (non-hydrogen) atoms. The summed E-state index contributed by atoms with van der Waals surface area (Å²) in [7, 11) is 0. The third-order valence-corrected chi connectivity index (χ3v) is 4.05. The number of benzene rings is 2. The van der Waals surface area contributed by atoms with Crippen LogP contribution in [0.5, 0.6) is 0 Å². The fourth-order valence-corrected chi connectivity index (χ4v) is 2.81. The van der Waals surface area contributed by atoms with Crippen LogP contribution < -0.4 is 5.32 Å². The molecule has 1 fully saturated rings. The number of rotatable bonds is 4. The van der Waals surface area contributed by atoms with Crippen LogP contribution in [0, 0.1) is 0 Å². The van der Waals surface area contributed by atoms with Gasteiger partial charge in [-0.25, -0.2) is 9.59 Å². The predicted octanol–water partition coefficient (Wildman–Crippen LogP) is 2.85. The van der Waals surface area contributed by atoms with E-state index in [0.29, 0.717) is 12.6 Å². The first-order valence-electron chi connectivity index (χ1n) is 8.48. The lowest BCUT2D eigenvalue weighted by atomic mass is 9.94. The first-order chi connectivity index (χ1) is 12.6. The van der Waals surface area contributed by atoms with Gasteiger partial charge in [-0.1, -0.05) is 60.7 Å². The van der Waals surface area contributed by atoms with Crippen LogP contribution in [-0.2, 0) is 20.9 Å². The topological polar surface area (TPSA) is 95.9 Å². The van der Waals surface area contributed by atoms with Crippen LogP contribution in [0.3, 0.4) is 0 Å². The summed E-state index contributed by atoms with van der Waals surface area (Å²) in [5.41, 5.74) is 2.56. The number of hydrogen-bond donors (Lipinski definition) is 3. The van der Waals surface area contributed by atoms with Gasteiger partial charge >= 0.3 is 11.9 Å². The molecule has 0 aliphatic carbocycles. The Kier molecular flexibility index (Phi) is 7.79. The molecule has 1 saturated heterocycles. The third kappa shape index (κ3) is 6.31. The van der Waals surface area contributed by atoms with Gasteiger partial charge in [-0.2, -0.15) is 0 Å². The van der Waals surface area contributed by atoms with Crippen molar-refractivity contribution in [3.63, 3.8) is 0 Å². The van der Waals surface area contributed by atoms with Gasteiger partial charge in [0.2, 0.25) is 0 Å². The van der Waals surface area contributed by atoms with Crippen molar-refractivity contribution in [3.8, 4) is 0 Å². The molecule has 0 amide bonds. The summed E-state index contributed by atoms with van der Waals surface area (Å²) in [6.45, 7) is 1.77. The fourth-order valence-electron chi connectivity index (χ4n) is 2.81. The van der Waals surface area contributed by atoms with Gasteiger partial charge in [0, 0.05) is 0 Å². The highest BCUT2D eigenvalue weighted by atomic mass is 16.5. The van der Waals surface area contributed by atoms with Gasteiger partial charge in [0.05, 0.1) is 18.8 Å². The number of carbonyl (C=O) groups is 2. The summed E-state index contributed by atoms with van der Waals surface area (Å²) in [5, 5.41) is 18.4. The quantitative estimate of drug-likeness (QED) is 0.728. The number of nitrogens with one attached hydrogen (secondary N) is 1. The van der Waals surface area contributed by atoms with Crippen molar-refractivity contribution in [2.24, 2.45) is 0 Å². The Morgan fingerprint density at radius 3 is 2.12 bits per heavy atom. The minimum Gasteiger partial charge on any atom is -0.473 e. The Morgan fingerprint density at radius 1 is 0.962 bits per heavy atom. The molecular formula is C20H23NO5. The minimum atomic E-state index is -1.82. The summed E-state index contributed by atoms with van der Waals surface area (Å²) in [6.07, 6.45) is 2.56. The smallest absolute Gasteiger partial charge is 0.414 e. The van der Waals surface area contributed by atoms with Crippen LogP contribution in [0.1, 0.15) is 30.0 Å². The summed E-state index contributed by atoms with van der Waals surface area (Å²) in [4.78, 5) is 18.2. The van der Waals surface area contributed by atoms with Crippen molar-refractivity contribution in [2.75, 3.05) is 6.54 Å². The molecular weight excluding hydrogens is 334 g/mol. The summed E-state index contributed by atoms with van der Waals surface area (Å²) < 4.78 is 6.17. The highest BCUT2D eigenvalue weighted by Gasteiger charge is 2.26. The zero-order valence-electron chi connectivity index (χ0n) is 14.4. The molecule has 0 saturated carbocycles. The van der Waals surface area contributed by atoms with E-state index in [9.17, 15) is 0 Å². The molecule has 2 aromatic rings.